The van der Waals surface area contributed by atoms with Gasteiger partial charge in [-0.3, -0.25) is 19.4 Å². The van der Waals surface area contributed by atoms with Gasteiger partial charge >= 0.3 is 0 Å². The van der Waals surface area contributed by atoms with Crippen molar-refractivity contribution in [1.29, 1.82) is 0 Å². The van der Waals surface area contributed by atoms with Gasteiger partial charge in [0.25, 0.3) is 5.56 Å². The van der Waals surface area contributed by atoms with Crippen molar-refractivity contribution in [3.8, 4) is 5.75 Å². The van der Waals surface area contributed by atoms with Crippen molar-refractivity contribution in [2.75, 3.05) is 23.1 Å². The minimum atomic E-state index is -1.18. The lowest BCUT2D eigenvalue weighted by Gasteiger charge is -2.23. The summed E-state index contributed by atoms with van der Waals surface area (Å²) in [5.41, 5.74) is -0.179. The number of H-pyrrole nitrogens is 1. The molecule has 9 nitrogen and oxygen atoms in total. The average Bonchev–Trinajstić information content (AvgIpc) is 2.75. The summed E-state index contributed by atoms with van der Waals surface area (Å²) >= 11 is 0. The number of methoxy groups -OCH3 is 1. The summed E-state index contributed by atoms with van der Waals surface area (Å²) in [6.07, 6.45) is -0.313. The Morgan fingerprint density at radius 3 is 2.69 bits per heavy atom. The fourth-order valence-corrected chi connectivity index (χ4v) is 3.33. The molecule has 2 amide bonds. The summed E-state index contributed by atoms with van der Waals surface area (Å²) in [6.45, 7) is 0. The van der Waals surface area contributed by atoms with E-state index in [1.54, 1.807) is 24.3 Å². The molecule has 1 atom stereocenters. The van der Waals surface area contributed by atoms with Gasteiger partial charge in [0.15, 0.2) is 11.6 Å². The molecular formula is C21H17F2N5O4. The first-order valence-electron chi connectivity index (χ1n) is 9.45. The van der Waals surface area contributed by atoms with Gasteiger partial charge in [0.2, 0.25) is 17.8 Å². The first-order valence-corrected chi connectivity index (χ1v) is 9.45. The predicted octanol–water partition coefficient (Wildman–Crippen LogP) is 2.86. The molecule has 0 saturated heterocycles. The normalized spacial score (nSPS) is 14.8. The number of aromatic amines is 1. The van der Waals surface area contributed by atoms with Crippen molar-refractivity contribution in [2.45, 2.75) is 12.3 Å². The number of rotatable bonds is 5. The first-order chi connectivity index (χ1) is 15.4. The van der Waals surface area contributed by atoms with Crippen molar-refractivity contribution in [2.24, 2.45) is 0 Å². The lowest BCUT2D eigenvalue weighted by Crippen LogP contribution is -2.36. The Kier molecular flexibility index (Phi) is 5.54. The van der Waals surface area contributed by atoms with E-state index in [0.29, 0.717) is 11.4 Å². The van der Waals surface area contributed by atoms with Gasteiger partial charge in [-0.2, -0.15) is 4.98 Å². The summed E-state index contributed by atoms with van der Waals surface area (Å²) in [7, 11) is 1.49. The third-order valence-corrected chi connectivity index (χ3v) is 4.81. The zero-order valence-electron chi connectivity index (χ0n) is 16.7. The highest BCUT2D eigenvalue weighted by molar-refractivity contribution is 6.04. The summed E-state index contributed by atoms with van der Waals surface area (Å²) < 4.78 is 31.8. The number of carbonyl (C=O) groups is 2. The lowest BCUT2D eigenvalue weighted by molar-refractivity contribution is -0.123. The third kappa shape index (κ3) is 4.13. The van der Waals surface area contributed by atoms with E-state index in [0.717, 1.165) is 12.1 Å². The van der Waals surface area contributed by atoms with Crippen LogP contribution in [-0.4, -0.2) is 28.9 Å². The molecule has 0 saturated carbocycles. The summed E-state index contributed by atoms with van der Waals surface area (Å²) in [5.74, 6) is -4.19. The van der Waals surface area contributed by atoms with Gasteiger partial charge < -0.3 is 20.7 Å². The molecule has 11 heteroatoms. The number of para-hydroxylation sites is 2. The van der Waals surface area contributed by atoms with Crippen LogP contribution >= 0.6 is 0 Å². The second kappa shape index (κ2) is 8.46. The predicted molar refractivity (Wildman–Crippen MR) is 112 cm³/mol. The van der Waals surface area contributed by atoms with Crippen LogP contribution in [0.4, 0.5) is 31.9 Å². The molecule has 1 aliphatic rings. The maximum Gasteiger partial charge on any atom is 0.258 e. The highest BCUT2D eigenvalue weighted by Gasteiger charge is 2.35. The summed E-state index contributed by atoms with van der Waals surface area (Å²) in [4.78, 5) is 44.5. The first kappa shape index (κ1) is 21.0. The van der Waals surface area contributed by atoms with Gasteiger partial charge in [0, 0.05) is 18.2 Å². The fourth-order valence-electron chi connectivity index (χ4n) is 3.33. The molecule has 0 aliphatic carbocycles. The highest BCUT2D eigenvalue weighted by Crippen LogP contribution is 2.31. The number of anilines is 4. The van der Waals surface area contributed by atoms with Crippen LogP contribution in [0.5, 0.6) is 5.75 Å². The molecule has 0 spiro atoms. The monoisotopic (exact) mass is 441 g/mol. The molecule has 0 fully saturated rings. The zero-order chi connectivity index (χ0) is 22.8. The van der Waals surface area contributed by atoms with Crippen molar-refractivity contribution < 1.29 is 23.1 Å². The number of halogens is 2. The van der Waals surface area contributed by atoms with Crippen molar-refractivity contribution in [3.05, 3.63) is 70.0 Å². The molecule has 32 heavy (non-hydrogen) atoms. The van der Waals surface area contributed by atoms with Crippen LogP contribution in [0, 0.1) is 11.6 Å². The molecule has 164 valence electrons. The van der Waals surface area contributed by atoms with Gasteiger partial charge in [-0.1, -0.05) is 12.1 Å². The van der Waals surface area contributed by atoms with Crippen LogP contribution < -0.4 is 26.2 Å². The van der Waals surface area contributed by atoms with Gasteiger partial charge in [0.1, 0.15) is 11.6 Å². The van der Waals surface area contributed by atoms with Crippen LogP contribution in [-0.2, 0) is 9.59 Å². The van der Waals surface area contributed by atoms with Gasteiger partial charge in [-0.05, 0) is 24.3 Å². The van der Waals surface area contributed by atoms with Crippen molar-refractivity contribution in [1.82, 2.24) is 9.97 Å². The number of aromatic nitrogens is 2. The zero-order valence-corrected chi connectivity index (χ0v) is 16.7. The Labute approximate surface area is 179 Å². The number of benzene rings is 2. The largest absolute Gasteiger partial charge is 0.495 e. The molecule has 4 rings (SSSR count). The molecule has 1 aromatic heterocycles. The van der Waals surface area contributed by atoms with E-state index in [4.69, 9.17) is 4.74 Å². The van der Waals surface area contributed by atoms with Crippen molar-refractivity contribution >= 4 is 35.0 Å². The van der Waals surface area contributed by atoms with Crippen LogP contribution in [0.2, 0.25) is 0 Å². The fraction of sp³-hybridized carbons (Fsp3) is 0.143. The number of nitrogens with one attached hydrogen (secondary N) is 4. The molecule has 1 aliphatic heterocycles. The van der Waals surface area contributed by atoms with E-state index in [1.807, 2.05) is 0 Å². The van der Waals surface area contributed by atoms with E-state index < -0.39 is 34.9 Å². The topological polar surface area (TPSA) is 125 Å². The Morgan fingerprint density at radius 2 is 1.94 bits per heavy atom. The molecule has 2 heterocycles. The molecule has 0 bridgehead atoms. The number of fused-ring (bicyclic) bond motifs is 1. The van der Waals surface area contributed by atoms with Crippen molar-refractivity contribution in [3.63, 3.8) is 0 Å². The Balaban J connectivity index is 1.64. The standard InChI is InChI=1S/C21H17F2N5O4/c1-32-15-5-3-2-4-14(15)25-21-27-18-17(20(31)28-21)11(9-16(29)26-18)19(30)24-10-6-7-12(22)13(23)8-10/h2-8,11H,9H2,1H3,(H,24,30)(H3,25,26,27,28,29,31). The maximum absolute atomic E-state index is 13.4. The van der Waals surface area contributed by atoms with Crippen LogP contribution in [0.1, 0.15) is 17.9 Å². The van der Waals surface area contributed by atoms with Gasteiger partial charge in [-0.15, -0.1) is 0 Å². The number of amides is 2. The van der Waals surface area contributed by atoms with E-state index in [-0.39, 0.29) is 29.4 Å². The molecular weight excluding hydrogens is 424 g/mol. The minimum Gasteiger partial charge on any atom is -0.495 e. The Morgan fingerprint density at radius 1 is 1.16 bits per heavy atom. The summed E-state index contributed by atoms with van der Waals surface area (Å²) in [5, 5.41) is 7.79. The second-order valence-electron chi connectivity index (χ2n) is 6.93. The molecule has 1 unspecified atom stereocenters. The quantitative estimate of drug-likeness (QED) is 0.483. The Hall–Kier alpha value is -4.28. The van der Waals surface area contributed by atoms with E-state index in [2.05, 4.69) is 25.9 Å². The third-order valence-electron chi connectivity index (χ3n) is 4.81. The number of hydrogen-bond acceptors (Lipinski definition) is 6. The average molecular weight is 441 g/mol. The molecule has 2 aromatic carbocycles. The van der Waals surface area contributed by atoms with Crippen LogP contribution in [0.15, 0.2) is 47.3 Å². The lowest BCUT2D eigenvalue weighted by atomic mass is 9.92. The Bertz CT molecular complexity index is 1280. The summed E-state index contributed by atoms with van der Waals surface area (Å²) in [6, 6.07) is 9.76. The maximum atomic E-state index is 13.4. The van der Waals surface area contributed by atoms with E-state index in [9.17, 15) is 23.2 Å². The van der Waals surface area contributed by atoms with E-state index in [1.165, 1.54) is 13.2 Å². The smallest absolute Gasteiger partial charge is 0.258 e. The minimum absolute atomic E-state index is 0.0136. The number of ether oxygens (including phenoxy) is 1. The van der Waals surface area contributed by atoms with Crippen LogP contribution in [0.25, 0.3) is 0 Å². The molecule has 3 aromatic rings. The molecule has 0 radical (unpaired) electrons. The van der Waals surface area contributed by atoms with Crippen LogP contribution in [0.3, 0.4) is 0 Å². The second-order valence-corrected chi connectivity index (χ2v) is 6.93. The van der Waals surface area contributed by atoms with Gasteiger partial charge in [-0.25, -0.2) is 8.78 Å². The highest BCUT2D eigenvalue weighted by atomic mass is 19.2. The van der Waals surface area contributed by atoms with Gasteiger partial charge in [0.05, 0.1) is 24.3 Å². The number of carbonyl (C=O) groups excluding carboxylic acids is 2. The molecule has 4 N–H and O–H groups in total. The number of nitrogens with zero attached hydrogens (tertiary/aromatic N) is 1. The number of hydrogen-bond donors (Lipinski definition) is 4. The SMILES string of the molecule is COc1ccccc1Nc1nc2c(c(=O)[nH]1)C(C(=O)Nc1ccc(F)c(F)c1)CC(=O)N2. The van der Waals surface area contributed by atoms with E-state index >= 15 is 0 Å².